The molecule has 0 unspecified atom stereocenters. The topological polar surface area (TPSA) is 84.9 Å². The van der Waals surface area contributed by atoms with E-state index in [9.17, 15) is 14.4 Å². The minimum atomic E-state index is -0.422. The van der Waals surface area contributed by atoms with E-state index in [1.54, 1.807) is 48.5 Å². The molecule has 184 valence electrons. The highest BCUT2D eigenvalue weighted by molar-refractivity contribution is 8.19. The summed E-state index contributed by atoms with van der Waals surface area (Å²) < 4.78 is 11.1. The number of methoxy groups -OCH3 is 1. The largest absolute Gasteiger partial charge is 0.493 e. The number of rotatable bonds is 7. The minimum Gasteiger partial charge on any atom is -0.493 e. The number of anilines is 2. The highest BCUT2D eigenvalue weighted by atomic mass is 35.5. The van der Waals surface area contributed by atoms with Gasteiger partial charge in [-0.2, -0.15) is 0 Å². The first kappa shape index (κ1) is 25.3. The van der Waals surface area contributed by atoms with E-state index >= 15 is 0 Å². The van der Waals surface area contributed by atoms with Crippen LogP contribution in [0.15, 0.2) is 65.6 Å². The fraction of sp³-hybridized carbons (Fsp3) is 0.148. The number of hydrogen-bond donors (Lipinski definition) is 1. The van der Waals surface area contributed by atoms with Crippen molar-refractivity contribution in [3.05, 3.63) is 87.3 Å². The molecule has 3 aromatic rings. The van der Waals surface area contributed by atoms with Crippen LogP contribution in [0, 0.1) is 13.8 Å². The van der Waals surface area contributed by atoms with Crippen LogP contribution in [0.3, 0.4) is 0 Å². The molecule has 0 radical (unpaired) electrons. The van der Waals surface area contributed by atoms with Crippen molar-refractivity contribution in [2.24, 2.45) is 0 Å². The zero-order valence-electron chi connectivity index (χ0n) is 19.8. The van der Waals surface area contributed by atoms with Crippen molar-refractivity contribution in [2.45, 2.75) is 13.8 Å². The molecule has 0 aliphatic carbocycles. The van der Waals surface area contributed by atoms with Gasteiger partial charge in [-0.1, -0.05) is 23.7 Å². The van der Waals surface area contributed by atoms with E-state index in [0.29, 0.717) is 33.5 Å². The lowest BCUT2D eigenvalue weighted by Crippen LogP contribution is -2.27. The fourth-order valence-electron chi connectivity index (χ4n) is 3.48. The second kappa shape index (κ2) is 10.9. The molecule has 3 aromatic carbocycles. The Morgan fingerprint density at radius 2 is 1.75 bits per heavy atom. The molecular weight excluding hydrogens is 500 g/mol. The first-order valence-electron chi connectivity index (χ1n) is 11.0. The Labute approximate surface area is 218 Å². The van der Waals surface area contributed by atoms with Gasteiger partial charge in [-0.15, -0.1) is 0 Å². The zero-order valence-corrected chi connectivity index (χ0v) is 21.4. The summed E-state index contributed by atoms with van der Waals surface area (Å²) in [4.78, 5) is 39.1. The number of ether oxygens (including phenoxy) is 2. The number of benzene rings is 3. The van der Waals surface area contributed by atoms with Crippen molar-refractivity contribution in [3.63, 3.8) is 0 Å². The molecule has 0 saturated carbocycles. The Bertz CT molecular complexity index is 1370. The summed E-state index contributed by atoms with van der Waals surface area (Å²) >= 11 is 6.76. The van der Waals surface area contributed by atoms with Gasteiger partial charge >= 0.3 is 0 Å². The summed E-state index contributed by atoms with van der Waals surface area (Å²) in [5.74, 6) is 0.0358. The maximum Gasteiger partial charge on any atom is 0.298 e. The van der Waals surface area contributed by atoms with Gasteiger partial charge in [-0.05, 0) is 96.9 Å². The predicted octanol–water partition coefficient (Wildman–Crippen LogP) is 6.22. The number of hydrogen-bond acceptors (Lipinski definition) is 6. The molecule has 1 heterocycles. The molecule has 9 heteroatoms. The quantitative estimate of drug-likeness (QED) is 0.370. The van der Waals surface area contributed by atoms with Crippen LogP contribution in [0.1, 0.15) is 16.7 Å². The highest BCUT2D eigenvalue weighted by Crippen LogP contribution is 2.37. The smallest absolute Gasteiger partial charge is 0.298 e. The summed E-state index contributed by atoms with van der Waals surface area (Å²) in [5, 5.41) is 2.93. The number of carbonyl (C=O) groups excluding carboxylic acids is 3. The van der Waals surface area contributed by atoms with Crippen molar-refractivity contribution in [1.29, 1.82) is 0 Å². The number of amides is 3. The molecule has 1 saturated heterocycles. The average Bonchev–Trinajstić information content (AvgIpc) is 3.13. The normalized spacial score (nSPS) is 14.3. The summed E-state index contributed by atoms with van der Waals surface area (Å²) in [7, 11) is 1.48. The molecule has 36 heavy (non-hydrogen) atoms. The number of nitrogens with one attached hydrogen (secondary N) is 1. The Balaban J connectivity index is 1.44. The van der Waals surface area contributed by atoms with Crippen LogP contribution in [-0.2, 0) is 9.59 Å². The molecule has 0 aromatic heterocycles. The van der Waals surface area contributed by atoms with Gasteiger partial charge < -0.3 is 14.8 Å². The maximum atomic E-state index is 12.9. The number of imide groups is 1. The summed E-state index contributed by atoms with van der Waals surface area (Å²) in [6.45, 7) is 3.78. The van der Waals surface area contributed by atoms with Crippen LogP contribution in [-0.4, -0.2) is 30.8 Å². The lowest BCUT2D eigenvalue weighted by Gasteiger charge is -2.13. The molecule has 3 amide bonds. The van der Waals surface area contributed by atoms with E-state index < -0.39 is 11.1 Å². The number of thioether (sulfide) groups is 1. The van der Waals surface area contributed by atoms with Crippen LogP contribution in [0.5, 0.6) is 11.5 Å². The van der Waals surface area contributed by atoms with E-state index in [0.717, 1.165) is 27.8 Å². The van der Waals surface area contributed by atoms with Crippen LogP contribution in [0.25, 0.3) is 6.08 Å². The molecule has 1 aliphatic heterocycles. The fourth-order valence-corrected chi connectivity index (χ4v) is 4.45. The standard InChI is InChI=1S/C27H23ClN2O5S/c1-16-4-8-20(12-17(16)2)29-25(31)15-35-22-11-5-18(13-23(22)34-3)14-24-26(32)30(27(33)36-24)21-9-6-19(28)7-10-21/h4-14H,15H2,1-3H3,(H,29,31)/b24-14-. The third-order valence-corrected chi connectivity index (χ3v) is 6.63. The SMILES string of the molecule is COc1cc(/C=C2\SC(=O)N(c3ccc(Cl)cc3)C2=O)ccc1OCC(=O)Nc1ccc(C)c(C)c1. The third kappa shape index (κ3) is 5.72. The van der Waals surface area contributed by atoms with Gasteiger partial charge in [0.15, 0.2) is 18.1 Å². The Kier molecular flexibility index (Phi) is 7.67. The van der Waals surface area contributed by atoms with Gasteiger partial charge in [-0.25, -0.2) is 4.90 Å². The molecule has 0 atom stereocenters. The van der Waals surface area contributed by atoms with Crippen molar-refractivity contribution in [2.75, 3.05) is 23.9 Å². The third-order valence-electron chi connectivity index (χ3n) is 5.51. The van der Waals surface area contributed by atoms with Crippen molar-refractivity contribution < 1.29 is 23.9 Å². The van der Waals surface area contributed by atoms with Crippen LogP contribution in [0.4, 0.5) is 16.2 Å². The Hall–Kier alpha value is -3.75. The molecule has 0 spiro atoms. The van der Waals surface area contributed by atoms with E-state index in [-0.39, 0.29) is 17.4 Å². The number of halogens is 1. The summed E-state index contributed by atoms with van der Waals surface area (Å²) in [5.41, 5.74) is 4.01. The van der Waals surface area contributed by atoms with Crippen LogP contribution >= 0.6 is 23.4 Å². The predicted molar refractivity (Wildman–Crippen MR) is 143 cm³/mol. The molecular formula is C27H23ClN2O5S. The average molecular weight is 523 g/mol. The van der Waals surface area contributed by atoms with E-state index in [4.69, 9.17) is 21.1 Å². The Morgan fingerprint density at radius 3 is 2.44 bits per heavy atom. The lowest BCUT2D eigenvalue weighted by atomic mass is 10.1. The van der Waals surface area contributed by atoms with Gasteiger partial charge in [0, 0.05) is 10.7 Å². The first-order valence-corrected chi connectivity index (χ1v) is 12.2. The molecule has 1 N–H and O–H groups in total. The van der Waals surface area contributed by atoms with Crippen molar-refractivity contribution >= 4 is 57.9 Å². The summed E-state index contributed by atoms with van der Waals surface area (Å²) in [6, 6.07) is 17.2. The van der Waals surface area contributed by atoms with Crippen LogP contribution in [0.2, 0.25) is 5.02 Å². The van der Waals surface area contributed by atoms with Gasteiger partial charge in [-0.3, -0.25) is 14.4 Å². The first-order chi connectivity index (χ1) is 17.2. The van der Waals surface area contributed by atoms with Crippen molar-refractivity contribution in [1.82, 2.24) is 0 Å². The number of aryl methyl sites for hydroxylation is 2. The van der Waals surface area contributed by atoms with Gasteiger partial charge in [0.05, 0.1) is 17.7 Å². The molecule has 1 fully saturated rings. The maximum absolute atomic E-state index is 12.9. The second-order valence-corrected chi connectivity index (χ2v) is 9.47. The zero-order chi connectivity index (χ0) is 25.8. The second-order valence-electron chi connectivity index (χ2n) is 8.04. The minimum absolute atomic E-state index is 0.206. The van der Waals surface area contributed by atoms with Crippen LogP contribution < -0.4 is 19.7 Å². The molecule has 4 rings (SSSR count). The number of carbonyl (C=O) groups is 3. The van der Waals surface area contributed by atoms with E-state index in [1.165, 1.54) is 7.11 Å². The molecule has 7 nitrogen and oxygen atoms in total. The Morgan fingerprint density at radius 1 is 1.00 bits per heavy atom. The van der Waals surface area contributed by atoms with Gasteiger partial charge in [0.25, 0.3) is 17.1 Å². The monoisotopic (exact) mass is 522 g/mol. The van der Waals surface area contributed by atoms with E-state index in [1.807, 2.05) is 32.0 Å². The molecule has 1 aliphatic rings. The summed E-state index contributed by atoms with van der Waals surface area (Å²) in [6.07, 6.45) is 1.61. The number of nitrogens with zero attached hydrogens (tertiary/aromatic N) is 1. The molecule has 0 bridgehead atoms. The van der Waals surface area contributed by atoms with Gasteiger partial charge in [0.2, 0.25) is 0 Å². The van der Waals surface area contributed by atoms with Gasteiger partial charge in [0.1, 0.15) is 0 Å². The van der Waals surface area contributed by atoms with E-state index in [2.05, 4.69) is 5.32 Å². The van der Waals surface area contributed by atoms with Crippen molar-refractivity contribution in [3.8, 4) is 11.5 Å². The lowest BCUT2D eigenvalue weighted by molar-refractivity contribution is -0.118. The highest BCUT2D eigenvalue weighted by Gasteiger charge is 2.36.